The van der Waals surface area contributed by atoms with E-state index in [0.717, 1.165) is 0 Å². The van der Waals surface area contributed by atoms with Crippen LogP contribution in [0.3, 0.4) is 0 Å². The molecule has 0 aromatic heterocycles. The van der Waals surface area contributed by atoms with Crippen molar-refractivity contribution in [3.8, 4) is 0 Å². The van der Waals surface area contributed by atoms with Crippen molar-refractivity contribution < 1.29 is 13.9 Å². The first kappa shape index (κ1) is 12.1. The molecule has 1 N–H and O–H groups in total. The highest BCUT2D eigenvalue weighted by molar-refractivity contribution is 5.33. The largest absolute Gasteiger partial charge is 0.396 e. The first-order chi connectivity index (χ1) is 6.96. The number of benzene rings is 1. The van der Waals surface area contributed by atoms with Gasteiger partial charge in [0.1, 0.15) is 11.5 Å². The van der Waals surface area contributed by atoms with Crippen molar-refractivity contribution in [3.05, 3.63) is 35.1 Å². The molecular weight excluding hydrogens is 198 g/mol. The van der Waals surface area contributed by atoms with E-state index in [-0.39, 0.29) is 12.2 Å². The second-order valence-electron chi connectivity index (χ2n) is 4.07. The fraction of sp³-hybridized carbons (Fsp3) is 0.500. The lowest BCUT2D eigenvalue weighted by atomic mass is 9.92. The number of hydrogen-bond donors (Lipinski definition) is 1. The Morgan fingerprint density at radius 2 is 2.00 bits per heavy atom. The molecule has 0 amide bonds. The third kappa shape index (κ3) is 2.99. The van der Waals surface area contributed by atoms with E-state index in [0.29, 0.717) is 18.4 Å². The molecule has 0 fully saturated rings. The predicted octanol–water partition coefficient (Wildman–Crippen LogP) is 2.96. The number of aliphatic hydroxyl groups is 1. The zero-order valence-corrected chi connectivity index (χ0v) is 9.06. The van der Waals surface area contributed by atoms with Crippen molar-refractivity contribution in [1.29, 1.82) is 0 Å². The average molecular weight is 214 g/mol. The maximum absolute atomic E-state index is 13.8. The van der Waals surface area contributed by atoms with Gasteiger partial charge >= 0.3 is 0 Å². The van der Waals surface area contributed by atoms with Crippen molar-refractivity contribution in [3.63, 3.8) is 0 Å². The molecule has 0 aliphatic heterocycles. The maximum Gasteiger partial charge on any atom is 0.133 e. The molecule has 15 heavy (non-hydrogen) atoms. The Morgan fingerprint density at radius 1 is 1.33 bits per heavy atom. The topological polar surface area (TPSA) is 20.2 Å². The average Bonchev–Trinajstić information content (AvgIpc) is 2.12. The van der Waals surface area contributed by atoms with Crippen LogP contribution in [0.25, 0.3) is 0 Å². The van der Waals surface area contributed by atoms with Crippen LogP contribution in [0, 0.1) is 5.82 Å². The van der Waals surface area contributed by atoms with Gasteiger partial charge in [-0.3, -0.25) is 0 Å². The molecule has 1 rings (SSSR count). The highest BCUT2D eigenvalue weighted by atomic mass is 19.1. The van der Waals surface area contributed by atoms with E-state index >= 15 is 0 Å². The van der Waals surface area contributed by atoms with Crippen LogP contribution in [0.5, 0.6) is 0 Å². The summed E-state index contributed by atoms with van der Waals surface area (Å²) in [5.41, 5.74) is -0.939. The SMILES string of the molecule is CC(C)(F)c1c(F)cccc1CCCO. The lowest BCUT2D eigenvalue weighted by Gasteiger charge is -2.19. The first-order valence-electron chi connectivity index (χ1n) is 5.04. The van der Waals surface area contributed by atoms with Gasteiger partial charge in [-0.15, -0.1) is 0 Å². The van der Waals surface area contributed by atoms with E-state index < -0.39 is 11.5 Å². The second-order valence-corrected chi connectivity index (χ2v) is 4.07. The summed E-state index contributed by atoms with van der Waals surface area (Å²) in [6.07, 6.45) is 1.02. The summed E-state index contributed by atoms with van der Waals surface area (Å²) in [5, 5.41) is 8.70. The monoisotopic (exact) mass is 214 g/mol. The van der Waals surface area contributed by atoms with E-state index in [1.54, 1.807) is 12.1 Å². The molecule has 0 spiro atoms. The predicted molar refractivity (Wildman–Crippen MR) is 55.9 cm³/mol. The molecular formula is C12H16F2O. The number of aryl methyl sites for hydroxylation is 1. The van der Waals surface area contributed by atoms with E-state index in [4.69, 9.17) is 5.11 Å². The number of alkyl halides is 1. The van der Waals surface area contributed by atoms with Gasteiger partial charge in [0.05, 0.1) is 0 Å². The van der Waals surface area contributed by atoms with Gasteiger partial charge in [0.15, 0.2) is 0 Å². The molecule has 0 heterocycles. The molecule has 0 saturated heterocycles. The summed E-state index contributed by atoms with van der Waals surface area (Å²) in [6, 6.07) is 4.53. The Hall–Kier alpha value is -0.960. The zero-order chi connectivity index (χ0) is 11.5. The van der Waals surface area contributed by atoms with Gasteiger partial charge < -0.3 is 5.11 Å². The van der Waals surface area contributed by atoms with Crippen LogP contribution >= 0.6 is 0 Å². The maximum atomic E-state index is 13.8. The smallest absolute Gasteiger partial charge is 0.133 e. The molecule has 84 valence electrons. The third-order valence-electron chi connectivity index (χ3n) is 2.30. The highest BCUT2D eigenvalue weighted by Gasteiger charge is 2.25. The van der Waals surface area contributed by atoms with E-state index in [1.165, 1.54) is 19.9 Å². The molecule has 0 bridgehead atoms. The van der Waals surface area contributed by atoms with Crippen LogP contribution in [0.15, 0.2) is 18.2 Å². The molecule has 0 radical (unpaired) electrons. The van der Waals surface area contributed by atoms with Crippen LogP contribution in [0.4, 0.5) is 8.78 Å². The van der Waals surface area contributed by atoms with Gasteiger partial charge in [-0.05, 0) is 38.3 Å². The summed E-state index contributed by atoms with van der Waals surface area (Å²) in [4.78, 5) is 0. The summed E-state index contributed by atoms with van der Waals surface area (Å²) in [6.45, 7) is 2.71. The fourth-order valence-electron chi connectivity index (χ4n) is 1.71. The number of hydrogen-bond acceptors (Lipinski definition) is 1. The van der Waals surface area contributed by atoms with Crippen molar-refractivity contribution >= 4 is 0 Å². The van der Waals surface area contributed by atoms with E-state index in [2.05, 4.69) is 0 Å². The Bertz CT molecular complexity index is 329. The zero-order valence-electron chi connectivity index (χ0n) is 9.06. The van der Waals surface area contributed by atoms with Gasteiger partial charge in [-0.1, -0.05) is 12.1 Å². The normalized spacial score (nSPS) is 11.8. The molecule has 0 atom stereocenters. The number of rotatable bonds is 4. The van der Waals surface area contributed by atoms with Gasteiger partial charge in [0.2, 0.25) is 0 Å². The molecule has 1 nitrogen and oxygen atoms in total. The Kier molecular flexibility index (Phi) is 3.80. The third-order valence-corrected chi connectivity index (χ3v) is 2.30. The van der Waals surface area contributed by atoms with Crippen molar-refractivity contribution in [1.82, 2.24) is 0 Å². The fourth-order valence-corrected chi connectivity index (χ4v) is 1.71. The second kappa shape index (κ2) is 4.71. The van der Waals surface area contributed by atoms with Crippen molar-refractivity contribution in [2.75, 3.05) is 6.61 Å². The van der Waals surface area contributed by atoms with Crippen LogP contribution in [-0.4, -0.2) is 11.7 Å². The highest BCUT2D eigenvalue weighted by Crippen LogP contribution is 2.30. The van der Waals surface area contributed by atoms with Gasteiger partial charge in [-0.25, -0.2) is 8.78 Å². The van der Waals surface area contributed by atoms with Gasteiger partial charge in [0, 0.05) is 12.2 Å². The quantitative estimate of drug-likeness (QED) is 0.817. The summed E-state index contributed by atoms with van der Waals surface area (Å²) in [5.74, 6) is -0.516. The lowest BCUT2D eigenvalue weighted by Crippen LogP contribution is -2.15. The van der Waals surface area contributed by atoms with Crippen LogP contribution < -0.4 is 0 Å². The minimum atomic E-state index is -1.68. The van der Waals surface area contributed by atoms with Crippen LogP contribution in [0.1, 0.15) is 31.4 Å². The lowest BCUT2D eigenvalue weighted by molar-refractivity contribution is 0.211. The van der Waals surface area contributed by atoms with E-state index in [1.807, 2.05) is 0 Å². The standard InChI is InChI=1S/C12H16F2O/c1-12(2,14)11-9(6-4-8-15)5-3-7-10(11)13/h3,5,7,15H,4,6,8H2,1-2H3. The Morgan fingerprint density at radius 3 is 2.53 bits per heavy atom. The van der Waals surface area contributed by atoms with Gasteiger partial charge in [-0.2, -0.15) is 0 Å². The molecule has 0 aliphatic rings. The molecule has 0 aliphatic carbocycles. The van der Waals surface area contributed by atoms with Crippen LogP contribution in [0.2, 0.25) is 0 Å². The Balaban J connectivity index is 3.09. The number of aliphatic hydroxyl groups excluding tert-OH is 1. The molecule has 1 aromatic carbocycles. The minimum absolute atomic E-state index is 0.0304. The van der Waals surface area contributed by atoms with E-state index in [9.17, 15) is 8.78 Å². The first-order valence-corrected chi connectivity index (χ1v) is 5.04. The van der Waals surface area contributed by atoms with Gasteiger partial charge in [0.25, 0.3) is 0 Å². The minimum Gasteiger partial charge on any atom is -0.396 e. The van der Waals surface area contributed by atoms with Crippen molar-refractivity contribution in [2.45, 2.75) is 32.4 Å². The Labute approximate surface area is 88.7 Å². The summed E-state index contributed by atoms with van der Waals surface area (Å²) < 4.78 is 27.2. The van der Waals surface area contributed by atoms with Crippen LogP contribution in [-0.2, 0) is 12.1 Å². The van der Waals surface area contributed by atoms with Crippen molar-refractivity contribution in [2.24, 2.45) is 0 Å². The summed E-state index contributed by atoms with van der Waals surface area (Å²) in [7, 11) is 0. The number of halogens is 2. The molecule has 0 saturated carbocycles. The summed E-state index contributed by atoms with van der Waals surface area (Å²) >= 11 is 0. The molecule has 3 heteroatoms. The molecule has 1 aromatic rings. The molecule has 0 unspecified atom stereocenters.